The Kier molecular flexibility index (Phi) is 2.29. The van der Waals surface area contributed by atoms with Crippen LogP contribution in [0.3, 0.4) is 0 Å². The maximum atomic E-state index is 10.2. The van der Waals surface area contributed by atoms with Crippen molar-refractivity contribution in [1.29, 1.82) is 0 Å². The van der Waals surface area contributed by atoms with E-state index in [1.165, 1.54) is 16.8 Å². The number of hydrogen-bond donors (Lipinski definition) is 1. The number of nitrogens with zero attached hydrogens (tertiary/aromatic N) is 2. The maximum absolute atomic E-state index is 10.2. The lowest BCUT2D eigenvalue weighted by atomic mass is 9.90. The highest BCUT2D eigenvalue weighted by Gasteiger charge is 2.40. The van der Waals surface area contributed by atoms with Crippen molar-refractivity contribution in [3.8, 4) is 11.3 Å². The molecule has 18 heavy (non-hydrogen) atoms. The summed E-state index contributed by atoms with van der Waals surface area (Å²) in [5.41, 5.74) is 3.78. The highest BCUT2D eigenvalue weighted by Crippen LogP contribution is 2.46. The third-order valence-electron chi connectivity index (χ3n) is 4.02. The smallest absolute Gasteiger partial charge is 0.0956 e. The number of fused-ring (bicyclic) bond motifs is 3. The van der Waals surface area contributed by atoms with Gasteiger partial charge in [0.2, 0.25) is 0 Å². The number of imidazole rings is 1. The predicted molar refractivity (Wildman–Crippen MR) is 72.6 cm³/mol. The van der Waals surface area contributed by atoms with Gasteiger partial charge < -0.3 is 9.67 Å². The molecule has 2 aliphatic heterocycles. The zero-order chi connectivity index (χ0) is 12.1. The maximum Gasteiger partial charge on any atom is 0.0956 e. The van der Waals surface area contributed by atoms with Gasteiger partial charge >= 0.3 is 0 Å². The minimum atomic E-state index is -0.207. The number of aliphatic hydroxyl groups excluding tert-OH is 1. The van der Waals surface area contributed by atoms with E-state index in [9.17, 15) is 5.11 Å². The molecule has 1 aromatic carbocycles. The van der Waals surface area contributed by atoms with Gasteiger partial charge in [0.05, 0.1) is 30.4 Å². The zero-order valence-electron chi connectivity index (χ0n) is 9.86. The SMILES string of the molecule is O[C@H]1CSC[C@@H]1[C@@H]1c2ccccc2-c2cncn21. The van der Waals surface area contributed by atoms with Gasteiger partial charge in [-0.15, -0.1) is 0 Å². The second-order valence-corrected chi connectivity index (χ2v) is 6.06. The van der Waals surface area contributed by atoms with Gasteiger partial charge in [-0.05, 0) is 5.56 Å². The molecule has 2 aliphatic rings. The Morgan fingerprint density at radius 1 is 1.28 bits per heavy atom. The van der Waals surface area contributed by atoms with Gasteiger partial charge in [0, 0.05) is 23.0 Å². The average Bonchev–Trinajstić information content (AvgIpc) is 3.05. The van der Waals surface area contributed by atoms with Crippen LogP contribution in [0.5, 0.6) is 0 Å². The van der Waals surface area contributed by atoms with Crippen molar-refractivity contribution in [2.24, 2.45) is 5.92 Å². The van der Waals surface area contributed by atoms with Crippen LogP contribution in [0, 0.1) is 5.92 Å². The molecule has 4 heteroatoms. The van der Waals surface area contributed by atoms with Gasteiger partial charge in [0.25, 0.3) is 0 Å². The lowest BCUT2D eigenvalue weighted by Gasteiger charge is -2.24. The van der Waals surface area contributed by atoms with Gasteiger partial charge in [-0.2, -0.15) is 11.8 Å². The van der Waals surface area contributed by atoms with Gasteiger partial charge in [-0.1, -0.05) is 24.3 Å². The molecular weight excluding hydrogens is 244 g/mol. The number of aromatic nitrogens is 2. The lowest BCUT2D eigenvalue weighted by Crippen LogP contribution is -2.27. The fraction of sp³-hybridized carbons (Fsp3) is 0.357. The van der Waals surface area contributed by atoms with E-state index >= 15 is 0 Å². The summed E-state index contributed by atoms with van der Waals surface area (Å²) >= 11 is 1.85. The van der Waals surface area contributed by atoms with E-state index in [-0.39, 0.29) is 12.1 Å². The third-order valence-corrected chi connectivity index (χ3v) is 5.22. The van der Waals surface area contributed by atoms with Crippen LogP contribution in [0.2, 0.25) is 0 Å². The van der Waals surface area contributed by atoms with Crippen molar-refractivity contribution < 1.29 is 5.11 Å². The first-order valence-electron chi connectivity index (χ1n) is 6.23. The highest BCUT2D eigenvalue weighted by atomic mass is 32.2. The van der Waals surface area contributed by atoms with Crippen molar-refractivity contribution in [3.63, 3.8) is 0 Å². The summed E-state index contributed by atoms with van der Waals surface area (Å²) in [4.78, 5) is 4.26. The molecule has 2 aromatic rings. The zero-order valence-corrected chi connectivity index (χ0v) is 10.7. The van der Waals surface area contributed by atoms with Crippen molar-refractivity contribution in [2.45, 2.75) is 12.1 Å². The summed E-state index contributed by atoms with van der Waals surface area (Å²) in [5.74, 6) is 2.18. The van der Waals surface area contributed by atoms with Crippen molar-refractivity contribution in [2.75, 3.05) is 11.5 Å². The Hall–Kier alpha value is -1.26. The summed E-state index contributed by atoms with van der Waals surface area (Å²) in [6.45, 7) is 0. The molecule has 0 aliphatic carbocycles. The Labute approximate surface area is 110 Å². The molecule has 3 nitrogen and oxygen atoms in total. The Morgan fingerprint density at radius 2 is 2.17 bits per heavy atom. The monoisotopic (exact) mass is 258 g/mol. The molecule has 0 radical (unpaired) electrons. The van der Waals surface area contributed by atoms with Crippen LogP contribution in [-0.4, -0.2) is 32.3 Å². The number of hydrogen-bond acceptors (Lipinski definition) is 3. The van der Waals surface area contributed by atoms with Gasteiger partial charge in [0.1, 0.15) is 0 Å². The van der Waals surface area contributed by atoms with Gasteiger partial charge in [-0.25, -0.2) is 4.98 Å². The fourth-order valence-electron chi connectivity index (χ4n) is 3.17. The van der Waals surface area contributed by atoms with Crippen LogP contribution in [0.4, 0.5) is 0 Å². The van der Waals surface area contributed by atoms with Gasteiger partial charge in [0.15, 0.2) is 0 Å². The van der Waals surface area contributed by atoms with Crippen LogP contribution in [0.1, 0.15) is 11.6 Å². The van der Waals surface area contributed by atoms with E-state index in [0.717, 1.165) is 11.5 Å². The normalized spacial score (nSPS) is 29.3. The molecule has 0 spiro atoms. The Bertz CT molecular complexity index is 595. The molecule has 1 N–H and O–H groups in total. The summed E-state index contributed by atoms with van der Waals surface area (Å²) < 4.78 is 2.23. The van der Waals surface area contributed by atoms with Crippen molar-refractivity contribution >= 4 is 11.8 Å². The molecule has 3 heterocycles. The van der Waals surface area contributed by atoms with Crippen LogP contribution < -0.4 is 0 Å². The summed E-state index contributed by atoms with van der Waals surface area (Å²) in [5, 5.41) is 10.2. The lowest BCUT2D eigenvalue weighted by molar-refractivity contribution is 0.128. The molecule has 1 aromatic heterocycles. The second kappa shape index (κ2) is 3.87. The second-order valence-electron chi connectivity index (χ2n) is 4.99. The van der Waals surface area contributed by atoms with Crippen LogP contribution in [0.25, 0.3) is 11.3 Å². The van der Waals surface area contributed by atoms with E-state index in [4.69, 9.17) is 0 Å². The first-order chi connectivity index (χ1) is 8.86. The molecule has 3 atom stereocenters. The van der Waals surface area contributed by atoms with Crippen LogP contribution in [0.15, 0.2) is 36.8 Å². The molecule has 0 bridgehead atoms. The van der Waals surface area contributed by atoms with E-state index in [1.54, 1.807) is 0 Å². The highest BCUT2D eigenvalue weighted by molar-refractivity contribution is 7.99. The van der Waals surface area contributed by atoms with Crippen LogP contribution in [-0.2, 0) is 0 Å². The quantitative estimate of drug-likeness (QED) is 0.852. The molecule has 1 fully saturated rings. The number of benzene rings is 1. The molecule has 1 saturated heterocycles. The fourth-order valence-corrected chi connectivity index (χ4v) is 4.47. The third kappa shape index (κ3) is 1.33. The average molecular weight is 258 g/mol. The number of thioether (sulfide) groups is 1. The van der Waals surface area contributed by atoms with Gasteiger partial charge in [-0.3, -0.25) is 0 Å². The van der Waals surface area contributed by atoms with E-state index in [2.05, 4.69) is 33.8 Å². The van der Waals surface area contributed by atoms with Crippen LogP contribution >= 0.6 is 11.8 Å². The number of rotatable bonds is 1. The minimum Gasteiger partial charge on any atom is -0.392 e. The topological polar surface area (TPSA) is 38.1 Å². The molecule has 0 unspecified atom stereocenters. The molecule has 4 rings (SSSR count). The molecular formula is C14H14N2OS. The van der Waals surface area contributed by atoms with Crippen molar-refractivity contribution in [3.05, 3.63) is 42.4 Å². The Morgan fingerprint density at radius 3 is 3.00 bits per heavy atom. The standard InChI is InChI=1S/C14H14N2OS/c17-13-7-18-6-11(13)14-10-4-2-1-3-9(10)12-5-15-8-16(12)14/h1-5,8,11,13-14,17H,6-7H2/t11-,13-,14-/m0/s1. The summed E-state index contributed by atoms with van der Waals surface area (Å²) in [6.07, 6.45) is 3.62. The van der Waals surface area contributed by atoms with E-state index in [1.807, 2.05) is 24.3 Å². The largest absolute Gasteiger partial charge is 0.392 e. The Balaban J connectivity index is 1.89. The first-order valence-corrected chi connectivity index (χ1v) is 7.38. The molecule has 0 amide bonds. The first kappa shape index (κ1) is 10.6. The van der Waals surface area contributed by atoms with E-state index < -0.39 is 0 Å². The van der Waals surface area contributed by atoms with Crippen molar-refractivity contribution in [1.82, 2.24) is 9.55 Å². The summed E-state index contributed by atoms with van der Waals surface area (Å²) in [7, 11) is 0. The van der Waals surface area contributed by atoms with E-state index in [0.29, 0.717) is 5.92 Å². The number of aliphatic hydroxyl groups is 1. The predicted octanol–water partition coefficient (Wildman–Crippen LogP) is 2.18. The minimum absolute atomic E-state index is 0.207. The molecule has 92 valence electrons. The summed E-state index contributed by atoms with van der Waals surface area (Å²) in [6, 6.07) is 8.74. The molecule has 0 saturated carbocycles.